The fourth-order valence-corrected chi connectivity index (χ4v) is 3.39. The van der Waals surface area contributed by atoms with Gasteiger partial charge in [0.2, 0.25) is 5.91 Å². The van der Waals surface area contributed by atoms with Crippen molar-refractivity contribution in [2.24, 2.45) is 0 Å². The lowest BCUT2D eigenvalue weighted by atomic mass is 9.99. The van der Waals surface area contributed by atoms with Crippen molar-refractivity contribution in [3.05, 3.63) is 28.2 Å². The van der Waals surface area contributed by atoms with E-state index >= 15 is 0 Å². The van der Waals surface area contributed by atoms with Crippen LogP contribution in [0.3, 0.4) is 0 Å². The van der Waals surface area contributed by atoms with Crippen molar-refractivity contribution in [2.75, 3.05) is 18.5 Å². The van der Waals surface area contributed by atoms with Crippen LogP contribution in [0.2, 0.25) is 0 Å². The van der Waals surface area contributed by atoms with Crippen LogP contribution in [0.5, 0.6) is 0 Å². The van der Waals surface area contributed by atoms with Gasteiger partial charge in [0, 0.05) is 26.6 Å². The van der Waals surface area contributed by atoms with Crippen LogP contribution in [0.4, 0.5) is 5.82 Å². The van der Waals surface area contributed by atoms with Crippen molar-refractivity contribution < 1.29 is 4.79 Å². The Bertz CT molecular complexity index is 731. The third kappa shape index (κ3) is 3.17. The molecule has 0 N–H and O–H groups in total. The molecule has 122 valence electrons. The van der Waals surface area contributed by atoms with E-state index in [4.69, 9.17) is 0 Å². The number of nitrogens with zero attached hydrogens (tertiary/aromatic N) is 6. The smallest absolute Gasteiger partial charge is 0.220 e. The van der Waals surface area contributed by atoms with Crippen LogP contribution >= 0.6 is 11.5 Å². The first-order valence-corrected chi connectivity index (χ1v) is 8.35. The SMILES string of the molecule is CC(=O)N1CCC1c1cc(N(C)Cc2snnc2C)nc(C)n1. The van der Waals surface area contributed by atoms with Crippen molar-refractivity contribution in [2.45, 2.75) is 39.8 Å². The van der Waals surface area contributed by atoms with E-state index in [0.29, 0.717) is 6.54 Å². The topological polar surface area (TPSA) is 75.1 Å². The maximum atomic E-state index is 11.6. The van der Waals surface area contributed by atoms with E-state index in [1.54, 1.807) is 6.92 Å². The van der Waals surface area contributed by atoms with Crippen LogP contribution in [0, 0.1) is 13.8 Å². The number of aromatic nitrogens is 4. The van der Waals surface area contributed by atoms with Crippen LogP contribution in [-0.2, 0) is 11.3 Å². The standard InChI is InChI=1S/C15H20N6OS/c1-9-14(23-19-18-9)8-20(4)15-7-12(16-10(2)17-15)13-5-6-21(13)11(3)22/h7,13H,5-6,8H2,1-4H3. The molecule has 0 bridgehead atoms. The first kappa shape index (κ1) is 15.8. The number of hydrogen-bond donors (Lipinski definition) is 0. The minimum atomic E-state index is 0.0770. The van der Waals surface area contributed by atoms with E-state index < -0.39 is 0 Å². The Balaban J connectivity index is 1.83. The van der Waals surface area contributed by atoms with Gasteiger partial charge >= 0.3 is 0 Å². The summed E-state index contributed by atoms with van der Waals surface area (Å²) < 4.78 is 3.97. The molecule has 1 atom stereocenters. The molecule has 1 saturated heterocycles. The first-order valence-electron chi connectivity index (χ1n) is 7.57. The molecule has 0 aromatic carbocycles. The van der Waals surface area contributed by atoms with Gasteiger partial charge in [-0.05, 0) is 31.8 Å². The molecule has 0 spiro atoms. The molecular weight excluding hydrogens is 312 g/mol. The molecule has 1 amide bonds. The molecule has 3 rings (SSSR count). The Morgan fingerprint density at radius 1 is 1.43 bits per heavy atom. The molecule has 1 unspecified atom stereocenters. The maximum absolute atomic E-state index is 11.6. The molecule has 0 saturated carbocycles. The molecule has 23 heavy (non-hydrogen) atoms. The van der Waals surface area contributed by atoms with Gasteiger partial charge < -0.3 is 9.80 Å². The number of hydrogen-bond acceptors (Lipinski definition) is 7. The van der Waals surface area contributed by atoms with E-state index in [-0.39, 0.29) is 11.9 Å². The second-order valence-electron chi connectivity index (χ2n) is 5.85. The highest BCUT2D eigenvalue weighted by Crippen LogP contribution is 2.33. The fraction of sp³-hybridized carbons (Fsp3) is 0.533. The molecule has 2 aromatic rings. The molecule has 1 aliphatic heterocycles. The van der Waals surface area contributed by atoms with Gasteiger partial charge in [-0.15, -0.1) is 5.10 Å². The average Bonchev–Trinajstić information content (AvgIpc) is 2.81. The number of amides is 1. The first-order chi connectivity index (χ1) is 11.0. The molecule has 8 heteroatoms. The average molecular weight is 332 g/mol. The van der Waals surface area contributed by atoms with E-state index in [2.05, 4.69) is 24.5 Å². The Morgan fingerprint density at radius 3 is 2.78 bits per heavy atom. The van der Waals surface area contributed by atoms with Crippen molar-refractivity contribution in [1.82, 2.24) is 24.5 Å². The van der Waals surface area contributed by atoms with Gasteiger partial charge in [-0.1, -0.05) is 4.49 Å². The number of likely N-dealkylation sites (tertiary alicyclic amines) is 1. The highest BCUT2D eigenvalue weighted by molar-refractivity contribution is 7.05. The summed E-state index contributed by atoms with van der Waals surface area (Å²) in [7, 11) is 1.99. The molecular formula is C15H20N6OS. The van der Waals surface area contributed by atoms with Gasteiger partial charge in [0.25, 0.3) is 0 Å². The number of anilines is 1. The zero-order valence-corrected chi connectivity index (χ0v) is 14.6. The van der Waals surface area contributed by atoms with Gasteiger partial charge in [-0.2, -0.15) is 0 Å². The summed E-state index contributed by atoms with van der Waals surface area (Å²) >= 11 is 1.41. The quantitative estimate of drug-likeness (QED) is 0.851. The van der Waals surface area contributed by atoms with Gasteiger partial charge in [0.1, 0.15) is 11.6 Å². The molecule has 1 aliphatic rings. The third-order valence-electron chi connectivity index (χ3n) is 4.13. The molecule has 2 aromatic heterocycles. The fourth-order valence-electron chi connectivity index (χ4n) is 2.70. The highest BCUT2D eigenvalue weighted by atomic mass is 32.1. The number of carbonyl (C=O) groups is 1. The van der Waals surface area contributed by atoms with E-state index in [9.17, 15) is 4.79 Å². The zero-order chi connectivity index (χ0) is 16.6. The minimum Gasteiger partial charge on any atom is -0.354 e. The van der Waals surface area contributed by atoms with Crippen molar-refractivity contribution in [3.63, 3.8) is 0 Å². The van der Waals surface area contributed by atoms with Crippen LogP contribution in [0.25, 0.3) is 0 Å². The largest absolute Gasteiger partial charge is 0.354 e. The zero-order valence-electron chi connectivity index (χ0n) is 13.8. The minimum absolute atomic E-state index is 0.0770. The van der Waals surface area contributed by atoms with E-state index in [1.165, 1.54) is 11.5 Å². The molecule has 0 radical (unpaired) electrons. The Labute approximate surface area is 139 Å². The number of aryl methyl sites for hydroxylation is 2. The number of carbonyl (C=O) groups excluding carboxylic acids is 1. The van der Waals surface area contributed by atoms with Crippen molar-refractivity contribution in [1.29, 1.82) is 0 Å². The Kier molecular flexibility index (Phi) is 4.25. The number of rotatable bonds is 4. The lowest BCUT2D eigenvalue weighted by molar-refractivity contribution is -0.136. The summed E-state index contributed by atoms with van der Waals surface area (Å²) in [6.45, 7) is 6.97. The van der Waals surface area contributed by atoms with Gasteiger partial charge in [0.05, 0.1) is 28.9 Å². The second kappa shape index (κ2) is 6.19. The lowest BCUT2D eigenvalue weighted by Gasteiger charge is -2.40. The summed E-state index contributed by atoms with van der Waals surface area (Å²) in [6.07, 6.45) is 0.955. The maximum Gasteiger partial charge on any atom is 0.220 e. The van der Waals surface area contributed by atoms with Crippen molar-refractivity contribution in [3.8, 4) is 0 Å². The summed E-state index contributed by atoms with van der Waals surface area (Å²) in [5.41, 5.74) is 1.87. The van der Waals surface area contributed by atoms with E-state index in [1.807, 2.05) is 31.9 Å². The predicted molar refractivity (Wildman–Crippen MR) is 88.3 cm³/mol. The normalized spacial score (nSPS) is 17.0. The Morgan fingerprint density at radius 2 is 2.22 bits per heavy atom. The molecule has 0 aliphatic carbocycles. The van der Waals surface area contributed by atoms with Crippen LogP contribution < -0.4 is 4.90 Å². The summed E-state index contributed by atoms with van der Waals surface area (Å²) in [4.78, 5) is 25.7. The lowest BCUT2D eigenvalue weighted by Crippen LogP contribution is -2.44. The molecule has 1 fully saturated rings. The summed E-state index contributed by atoms with van der Waals surface area (Å²) in [5, 5.41) is 4.04. The second-order valence-corrected chi connectivity index (χ2v) is 6.69. The molecule has 3 heterocycles. The van der Waals surface area contributed by atoms with Crippen LogP contribution in [-0.4, -0.2) is 44.0 Å². The summed E-state index contributed by atoms with van der Waals surface area (Å²) in [5.74, 6) is 1.67. The van der Waals surface area contributed by atoms with Gasteiger partial charge in [-0.3, -0.25) is 4.79 Å². The predicted octanol–water partition coefficient (Wildman–Crippen LogP) is 1.87. The summed E-state index contributed by atoms with van der Waals surface area (Å²) in [6, 6.07) is 2.06. The molecule has 7 nitrogen and oxygen atoms in total. The third-order valence-corrected chi connectivity index (χ3v) is 4.94. The van der Waals surface area contributed by atoms with Crippen molar-refractivity contribution >= 4 is 23.3 Å². The van der Waals surface area contributed by atoms with Crippen LogP contribution in [0.1, 0.15) is 41.5 Å². The highest BCUT2D eigenvalue weighted by Gasteiger charge is 2.33. The van der Waals surface area contributed by atoms with Gasteiger partial charge in [-0.25, -0.2) is 9.97 Å². The van der Waals surface area contributed by atoms with E-state index in [0.717, 1.165) is 40.9 Å². The Hall–Kier alpha value is -2.09. The van der Waals surface area contributed by atoms with Gasteiger partial charge in [0.15, 0.2) is 0 Å². The monoisotopic (exact) mass is 332 g/mol. The van der Waals surface area contributed by atoms with Crippen LogP contribution in [0.15, 0.2) is 6.07 Å².